The maximum absolute atomic E-state index is 9.65. The number of piperidine rings is 1. The van der Waals surface area contributed by atoms with Crippen molar-refractivity contribution in [2.45, 2.75) is 65.0 Å². The molecule has 1 aromatic heterocycles. The lowest BCUT2D eigenvalue weighted by Gasteiger charge is -2.35. The highest BCUT2D eigenvalue weighted by molar-refractivity contribution is 5.02. The first-order valence-electron chi connectivity index (χ1n) is 7.55. The van der Waals surface area contributed by atoms with Crippen molar-refractivity contribution in [1.29, 1.82) is 0 Å². The summed E-state index contributed by atoms with van der Waals surface area (Å²) >= 11 is 0. The Hall–Kier alpha value is -0.940. The van der Waals surface area contributed by atoms with E-state index in [1.54, 1.807) is 0 Å². The number of aromatic nitrogens is 2. The monoisotopic (exact) mass is 281 g/mol. The van der Waals surface area contributed by atoms with Gasteiger partial charge in [0.05, 0.1) is 12.1 Å². The quantitative estimate of drug-likeness (QED) is 0.922. The van der Waals surface area contributed by atoms with Gasteiger partial charge in [0.1, 0.15) is 0 Å². The van der Waals surface area contributed by atoms with E-state index < -0.39 is 0 Å². The third-order valence-electron chi connectivity index (χ3n) is 4.27. The van der Waals surface area contributed by atoms with E-state index in [1.165, 1.54) is 0 Å². The molecule has 5 heteroatoms. The first-order chi connectivity index (χ1) is 9.29. The van der Waals surface area contributed by atoms with Crippen LogP contribution in [0.15, 0.2) is 4.52 Å². The van der Waals surface area contributed by atoms with Gasteiger partial charge in [-0.05, 0) is 45.7 Å². The highest BCUT2D eigenvalue weighted by Gasteiger charge is 2.29. The Morgan fingerprint density at radius 2 is 1.85 bits per heavy atom. The largest absolute Gasteiger partial charge is 0.393 e. The van der Waals surface area contributed by atoms with Crippen molar-refractivity contribution in [1.82, 2.24) is 15.0 Å². The Balaban J connectivity index is 1.98. The van der Waals surface area contributed by atoms with Crippen LogP contribution < -0.4 is 0 Å². The number of aliphatic hydroxyl groups excluding tert-OH is 1. The lowest BCUT2D eigenvalue weighted by Crippen LogP contribution is -2.38. The zero-order valence-corrected chi connectivity index (χ0v) is 13.3. The average molecular weight is 281 g/mol. The minimum absolute atomic E-state index is 0.0826. The molecule has 0 saturated carbocycles. The SMILES string of the molecule is CC(O)C1CCN(C(C)c2nc(C(C)(C)C)no2)CC1. The van der Waals surface area contributed by atoms with Gasteiger partial charge in [-0.1, -0.05) is 25.9 Å². The second kappa shape index (κ2) is 5.82. The van der Waals surface area contributed by atoms with Gasteiger partial charge in [0.25, 0.3) is 0 Å². The zero-order chi connectivity index (χ0) is 14.9. The van der Waals surface area contributed by atoms with Gasteiger partial charge in [0.2, 0.25) is 5.89 Å². The molecule has 114 valence electrons. The van der Waals surface area contributed by atoms with Gasteiger partial charge in [-0.15, -0.1) is 0 Å². The number of rotatable bonds is 3. The van der Waals surface area contributed by atoms with Gasteiger partial charge < -0.3 is 9.63 Å². The number of nitrogens with zero attached hydrogens (tertiary/aromatic N) is 3. The van der Waals surface area contributed by atoms with E-state index in [0.717, 1.165) is 31.8 Å². The molecule has 1 fully saturated rings. The Labute approximate surface area is 121 Å². The molecule has 0 aromatic carbocycles. The highest BCUT2D eigenvalue weighted by Crippen LogP contribution is 2.28. The number of hydrogen-bond acceptors (Lipinski definition) is 5. The summed E-state index contributed by atoms with van der Waals surface area (Å²) in [5.74, 6) is 1.88. The Kier molecular flexibility index (Phi) is 4.49. The molecule has 1 aliphatic rings. The topological polar surface area (TPSA) is 62.4 Å². The van der Waals surface area contributed by atoms with Crippen molar-refractivity contribution >= 4 is 0 Å². The summed E-state index contributed by atoms with van der Waals surface area (Å²) in [5, 5.41) is 13.7. The second-order valence-electron chi connectivity index (χ2n) is 7.00. The van der Waals surface area contributed by atoms with Crippen molar-refractivity contribution in [2.75, 3.05) is 13.1 Å². The minimum Gasteiger partial charge on any atom is -0.393 e. The lowest BCUT2D eigenvalue weighted by atomic mass is 9.91. The van der Waals surface area contributed by atoms with Gasteiger partial charge in [-0.3, -0.25) is 4.90 Å². The zero-order valence-electron chi connectivity index (χ0n) is 13.3. The molecule has 2 unspecified atom stereocenters. The molecule has 0 radical (unpaired) electrons. The van der Waals surface area contributed by atoms with Crippen LogP contribution in [-0.4, -0.2) is 39.3 Å². The van der Waals surface area contributed by atoms with Crippen molar-refractivity contribution in [3.05, 3.63) is 11.7 Å². The maximum Gasteiger partial charge on any atom is 0.243 e. The molecule has 1 saturated heterocycles. The number of hydrogen-bond donors (Lipinski definition) is 1. The van der Waals surface area contributed by atoms with Crippen LogP contribution in [0.4, 0.5) is 0 Å². The Bertz CT molecular complexity index is 429. The van der Waals surface area contributed by atoms with Crippen LogP contribution in [-0.2, 0) is 5.41 Å². The fourth-order valence-corrected chi connectivity index (χ4v) is 2.65. The summed E-state index contributed by atoms with van der Waals surface area (Å²) in [6.07, 6.45) is 1.85. The van der Waals surface area contributed by atoms with E-state index in [0.29, 0.717) is 11.8 Å². The molecule has 2 atom stereocenters. The smallest absolute Gasteiger partial charge is 0.243 e. The normalized spacial score (nSPS) is 21.9. The summed E-state index contributed by atoms with van der Waals surface area (Å²) in [4.78, 5) is 6.90. The molecule has 1 aliphatic heterocycles. The highest BCUT2D eigenvalue weighted by atomic mass is 16.5. The molecule has 20 heavy (non-hydrogen) atoms. The van der Waals surface area contributed by atoms with Crippen molar-refractivity contribution in [3.63, 3.8) is 0 Å². The Morgan fingerprint density at radius 3 is 2.30 bits per heavy atom. The van der Waals surface area contributed by atoms with Crippen molar-refractivity contribution < 1.29 is 9.63 Å². The first kappa shape index (κ1) is 15.4. The summed E-state index contributed by atoms with van der Waals surface area (Å²) in [6.45, 7) is 12.2. The van der Waals surface area contributed by atoms with Crippen LogP contribution in [0.3, 0.4) is 0 Å². The predicted molar refractivity (Wildman–Crippen MR) is 77.4 cm³/mol. The second-order valence-corrected chi connectivity index (χ2v) is 7.00. The molecule has 5 nitrogen and oxygen atoms in total. The summed E-state index contributed by atoms with van der Waals surface area (Å²) in [6, 6.07) is 0.147. The minimum atomic E-state index is -0.205. The van der Waals surface area contributed by atoms with Gasteiger partial charge in [0.15, 0.2) is 5.82 Å². The Morgan fingerprint density at radius 1 is 1.25 bits per heavy atom. The fraction of sp³-hybridized carbons (Fsp3) is 0.867. The van der Waals surface area contributed by atoms with Gasteiger partial charge in [-0.2, -0.15) is 4.98 Å². The molecule has 2 heterocycles. The first-order valence-corrected chi connectivity index (χ1v) is 7.55. The molecule has 0 bridgehead atoms. The molecule has 1 N–H and O–H groups in total. The molecule has 0 aliphatic carbocycles. The summed E-state index contributed by atoms with van der Waals surface area (Å²) < 4.78 is 5.43. The van der Waals surface area contributed by atoms with E-state index in [-0.39, 0.29) is 17.6 Å². The van der Waals surface area contributed by atoms with Crippen LogP contribution in [0, 0.1) is 5.92 Å². The average Bonchev–Trinajstić information content (AvgIpc) is 2.87. The van der Waals surface area contributed by atoms with Crippen LogP contribution >= 0.6 is 0 Å². The predicted octanol–water partition coefficient (Wildman–Crippen LogP) is 2.52. The molecule has 2 rings (SSSR count). The van der Waals surface area contributed by atoms with Crippen LogP contribution in [0.25, 0.3) is 0 Å². The van der Waals surface area contributed by atoms with Gasteiger partial charge >= 0.3 is 0 Å². The van der Waals surface area contributed by atoms with Crippen LogP contribution in [0.2, 0.25) is 0 Å². The molecular formula is C15H27N3O2. The number of aliphatic hydroxyl groups is 1. The molecule has 1 aromatic rings. The maximum atomic E-state index is 9.65. The van der Waals surface area contributed by atoms with Crippen LogP contribution in [0.5, 0.6) is 0 Å². The molecule has 0 spiro atoms. The van der Waals surface area contributed by atoms with Crippen molar-refractivity contribution in [2.24, 2.45) is 5.92 Å². The fourth-order valence-electron chi connectivity index (χ4n) is 2.65. The molecular weight excluding hydrogens is 254 g/mol. The number of likely N-dealkylation sites (tertiary alicyclic amines) is 1. The van der Waals surface area contributed by atoms with E-state index in [2.05, 4.69) is 42.7 Å². The van der Waals surface area contributed by atoms with Gasteiger partial charge in [0, 0.05) is 5.41 Å². The molecule has 0 amide bonds. The third-order valence-corrected chi connectivity index (χ3v) is 4.27. The standard InChI is InChI=1S/C15H27N3O2/c1-10(13-16-14(17-20-13)15(3,4)5)18-8-6-12(7-9-18)11(2)19/h10-12,19H,6-9H2,1-5H3. The van der Waals surface area contributed by atoms with E-state index >= 15 is 0 Å². The van der Waals surface area contributed by atoms with Crippen LogP contribution in [0.1, 0.15) is 65.2 Å². The van der Waals surface area contributed by atoms with E-state index in [4.69, 9.17) is 4.52 Å². The van der Waals surface area contributed by atoms with Crippen molar-refractivity contribution in [3.8, 4) is 0 Å². The van der Waals surface area contributed by atoms with E-state index in [1.807, 2.05) is 6.92 Å². The van der Waals surface area contributed by atoms with Gasteiger partial charge in [-0.25, -0.2) is 0 Å². The summed E-state index contributed by atoms with van der Waals surface area (Å²) in [5.41, 5.74) is -0.0826. The lowest BCUT2D eigenvalue weighted by molar-refractivity contribution is 0.0524. The third kappa shape index (κ3) is 3.38. The summed E-state index contributed by atoms with van der Waals surface area (Å²) in [7, 11) is 0. The van der Waals surface area contributed by atoms with E-state index in [9.17, 15) is 5.11 Å².